The Morgan fingerprint density at radius 1 is 1.19 bits per heavy atom. The standard InChI is InChI=1S/C18H21N3O5/c22-15-10-14(11-20(15)8-6-13-4-2-1-3-5-13)17(24)26-12-16(23)21-9-7-19-18(21)25/h1-5,14H,6-12H2,(H,19,25)/t14-/m1/s1. The Bertz CT molecular complexity index is 706. The van der Waals surface area contributed by atoms with Crippen LogP contribution in [-0.4, -0.2) is 66.4 Å². The first-order chi connectivity index (χ1) is 12.5. The van der Waals surface area contributed by atoms with E-state index in [0.717, 1.165) is 16.9 Å². The van der Waals surface area contributed by atoms with E-state index < -0.39 is 30.4 Å². The second kappa shape index (κ2) is 7.99. The average Bonchev–Trinajstić information content (AvgIpc) is 3.24. The average molecular weight is 359 g/mol. The second-order valence-corrected chi connectivity index (χ2v) is 6.36. The lowest BCUT2D eigenvalue weighted by molar-refractivity contribution is -0.154. The van der Waals surface area contributed by atoms with E-state index in [0.29, 0.717) is 19.6 Å². The summed E-state index contributed by atoms with van der Waals surface area (Å²) >= 11 is 0. The molecule has 0 spiro atoms. The molecular weight excluding hydrogens is 338 g/mol. The highest BCUT2D eigenvalue weighted by Crippen LogP contribution is 2.19. The Labute approximate surface area is 151 Å². The lowest BCUT2D eigenvalue weighted by atomic mass is 10.1. The molecule has 0 aromatic heterocycles. The minimum absolute atomic E-state index is 0.0893. The van der Waals surface area contributed by atoms with Crippen LogP contribution in [0, 0.1) is 5.92 Å². The number of imide groups is 1. The quantitative estimate of drug-likeness (QED) is 0.731. The lowest BCUT2D eigenvalue weighted by Crippen LogP contribution is -2.38. The molecule has 2 saturated heterocycles. The Kier molecular flexibility index (Phi) is 5.50. The van der Waals surface area contributed by atoms with Crippen molar-refractivity contribution >= 4 is 23.8 Å². The van der Waals surface area contributed by atoms with Crippen molar-refractivity contribution < 1.29 is 23.9 Å². The van der Waals surface area contributed by atoms with Gasteiger partial charge in [-0.1, -0.05) is 30.3 Å². The molecule has 1 N–H and O–H groups in total. The van der Waals surface area contributed by atoms with E-state index in [1.807, 2.05) is 30.3 Å². The molecular formula is C18H21N3O5. The van der Waals surface area contributed by atoms with Crippen molar-refractivity contribution in [2.75, 3.05) is 32.8 Å². The predicted octanol–water partition coefficient (Wildman–Crippen LogP) is 0.173. The summed E-state index contributed by atoms with van der Waals surface area (Å²) in [6.07, 6.45) is 0.808. The first-order valence-corrected chi connectivity index (χ1v) is 8.61. The van der Waals surface area contributed by atoms with Crippen LogP contribution < -0.4 is 5.32 Å². The number of rotatable bonds is 6. The molecule has 1 aromatic carbocycles. The number of urea groups is 1. The Morgan fingerprint density at radius 3 is 2.65 bits per heavy atom. The van der Waals surface area contributed by atoms with E-state index in [-0.39, 0.29) is 18.9 Å². The molecule has 4 amide bonds. The monoisotopic (exact) mass is 359 g/mol. The van der Waals surface area contributed by atoms with Gasteiger partial charge in [-0.25, -0.2) is 4.79 Å². The number of hydrogen-bond donors (Lipinski definition) is 1. The summed E-state index contributed by atoms with van der Waals surface area (Å²) in [7, 11) is 0. The first kappa shape index (κ1) is 17.9. The molecule has 0 saturated carbocycles. The summed E-state index contributed by atoms with van der Waals surface area (Å²) < 4.78 is 5.02. The number of nitrogens with zero attached hydrogens (tertiary/aromatic N) is 2. The van der Waals surface area contributed by atoms with Gasteiger partial charge in [0.25, 0.3) is 5.91 Å². The molecule has 0 radical (unpaired) electrons. The van der Waals surface area contributed by atoms with Gasteiger partial charge in [-0.15, -0.1) is 0 Å². The maximum atomic E-state index is 12.1. The molecule has 1 atom stereocenters. The minimum atomic E-state index is -0.575. The third kappa shape index (κ3) is 4.19. The number of amides is 4. The van der Waals surface area contributed by atoms with Crippen LogP contribution in [0.5, 0.6) is 0 Å². The first-order valence-electron chi connectivity index (χ1n) is 8.61. The molecule has 138 valence electrons. The highest BCUT2D eigenvalue weighted by atomic mass is 16.5. The Balaban J connectivity index is 1.44. The summed E-state index contributed by atoms with van der Waals surface area (Å²) in [6, 6.07) is 9.33. The molecule has 8 heteroatoms. The molecule has 2 aliphatic rings. The van der Waals surface area contributed by atoms with Crippen molar-refractivity contribution in [2.24, 2.45) is 5.92 Å². The van der Waals surface area contributed by atoms with Gasteiger partial charge in [-0.3, -0.25) is 19.3 Å². The number of ether oxygens (including phenoxy) is 1. The molecule has 2 fully saturated rings. The molecule has 26 heavy (non-hydrogen) atoms. The molecule has 0 bridgehead atoms. The number of hydrogen-bond acceptors (Lipinski definition) is 5. The largest absolute Gasteiger partial charge is 0.455 e. The smallest absolute Gasteiger partial charge is 0.324 e. The lowest BCUT2D eigenvalue weighted by Gasteiger charge is -2.16. The van der Waals surface area contributed by atoms with Crippen LogP contribution in [0.25, 0.3) is 0 Å². The van der Waals surface area contributed by atoms with Crippen molar-refractivity contribution in [3.8, 4) is 0 Å². The van der Waals surface area contributed by atoms with Gasteiger partial charge in [-0.05, 0) is 12.0 Å². The van der Waals surface area contributed by atoms with Crippen molar-refractivity contribution in [2.45, 2.75) is 12.8 Å². The van der Waals surface area contributed by atoms with Crippen LogP contribution in [0.2, 0.25) is 0 Å². The highest BCUT2D eigenvalue weighted by Gasteiger charge is 2.36. The van der Waals surface area contributed by atoms with Gasteiger partial charge in [-0.2, -0.15) is 0 Å². The van der Waals surface area contributed by atoms with E-state index >= 15 is 0 Å². The van der Waals surface area contributed by atoms with E-state index in [1.54, 1.807) is 4.90 Å². The van der Waals surface area contributed by atoms with Gasteiger partial charge in [0, 0.05) is 32.6 Å². The Hall–Kier alpha value is -2.90. The molecule has 0 unspecified atom stereocenters. The van der Waals surface area contributed by atoms with Crippen molar-refractivity contribution in [3.63, 3.8) is 0 Å². The van der Waals surface area contributed by atoms with Crippen LogP contribution in [0.1, 0.15) is 12.0 Å². The maximum absolute atomic E-state index is 12.1. The molecule has 2 aliphatic heterocycles. The fourth-order valence-corrected chi connectivity index (χ4v) is 3.09. The molecule has 8 nitrogen and oxygen atoms in total. The SMILES string of the molecule is O=C(OCC(=O)N1CCNC1=O)[C@@H]1CC(=O)N(CCc2ccccc2)C1. The van der Waals surface area contributed by atoms with Gasteiger partial charge < -0.3 is 15.0 Å². The number of likely N-dealkylation sites (tertiary alicyclic amines) is 1. The minimum Gasteiger partial charge on any atom is -0.455 e. The number of benzene rings is 1. The van der Waals surface area contributed by atoms with E-state index in [2.05, 4.69) is 5.32 Å². The zero-order valence-electron chi connectivity index (χ0n) is 14.3. The van der Waals surface area contributed by atoms with Crippen LogP contribution in [0.15, 0.2) is 30.3 Å². The van der Waals surface area contributed by atoms with Crippen molar-refractivity contribution in [1.29, 1.82) is 0 Å². The van der Waals surface area contributed by atoms with E-state index in [4.69, 9.17) is 4.74 Å². The fourth-order valence-electron chi connectivity index (χ4n) is 3.09. The summed E-state index contributed by atoms with van der Waals surface area (Å²) in [6.45, 7) is 1.01. The van der Waals surface area contributed by atoms with Gasteiger partial charge in [0.15, 0.2) is 6.61 Å². The molecule has 1 aromatic rings. The Morgan fingerprint density at radius 2 is 1.96 bits per heavy atom. The number of esters is 1. The number of carbonyl (C=O) groups is 4. The summed E-state index contributed by atoms with van der Waals surface area (Å²) in [5, 5.41) is 2.51. The third-order valence-electron chi connectivity index (χ3n) is 4.56. The summed E-state index contributed by atoms with van der Waals surface area (Å²) in [5.41, 5.74) is 1.13. The fraction of sp³-hybridized carbons (Fsp3) is 0.444. The van der Waals surface area contributed by atoms with Gasteiger partial charge >= 0.3 is 12.0 Å². The van der Waals surface area contributed by atoms with Crippen molar-refractivity contribution in [3.05, 3.63) is 35.9 Å². The summed E-state index contributed by atoms with van der Waals surface area (Å²) in [4.78, 5) is 50.2. The van der Waals surface area contributed by atoms with E-state index in [9.17, 15) is 19.2 Å². The third-order valence-corrected chi connectivity index (χ3v) is 4.56. The predicted molar refractivity (Wildman–Crippen MR) is 90.9 cm³/mol. The van der Waals surface area contributed by atoms with Crippen molar-refractivity contribution in [1.82, 2.24) is 15.1 Å². The molecule has 0 aliphatic carbocycles. The zero-order chi connectivity index (χ0) is 18.5. The van der Waals surface area contributed by atoms with Crippen LogP contribution in [0.3, 0.4) is 0 Å². The van der Waals surface area contributed by atoms with Gasteiger partial charge in [0.05, 0.1) is 5.92 Å². The number of carbonyl (C=O) groups excluding carboxylic acids is 4. The highest BCUT2D eigenvalue weighted by molar-refractivity contribution is 5.97. The molecule has 2 heterocycles. The van der Waals surface area contributed by atoms with E-state index in [1.165, 1.54) is 0 Å². The van der Waals surface area contributed by atoms with Gasteiger partial charge in [0.1, 0.15) is 0 Å². The van der Waals surface area contributed by atoms with Crippen LogP contribution in [-0.2, 0) is 25.5 Å². The van der Waals surface area contributed by atoms with Crippen LogP contribution in [0.4, 0.5) is 4.79 Å². The van der Waals surface area contributed by atoms with Crippen LogP contribution >= 0.6 is 0 Å². The molecule has 3 rings (SSSR count). The number of nitrogens with one attached hydrogen (secondary N) is 1. The topological polar surface area (TPSA) is 96.0 Å². The second-order valence-electron chi connectivity index (χ2n) is 6.36. The van der Waals surface area contributed by atoms with Gasteiger partial charge in [0.2, 0.25) is 5.91 Å². The normalized spacial score (nSPS) is 19.6. The summed E-state index contributed by atoms with van der Waals surface area (Å²) in [5.74, 6) is -1.79. The zero-order valence-corrected chi connectivity index (χ0v) is 14.3. The maximum Gasteiger partial charge on any atom is 0.324 e.